The molecule has 2 N–H and O–H groups in total. The second kappa shape index (κ2) is 9.21. The average Bonchev–Trinajstić information content (AvgIpc) is 3.26. The Morgan fingerprint density at radius 2 is 1.89 bits per heavy atom. The number of morpholine rings is 1. The first kappa shape index (κ1) is 23.7. The molecule has 0 saturated carbocycles. The summed E-state index contributed by atoms with van der Waals surface area (Å²) in [5.41, 5.74) is 1.81. The Labute approximate surface area is 204 Å². The van der Waals surface area contributed by atoms with Crippen LogP contribution in [-0.2, 0) is 19.6 Å². The highest BCUT2D eigenvalue weighted by Gasteiger charge is 2.38. The number of nitrogens with zero attached hydrogens (tertiary/aromatic N) is 4. The van der Waals surface area contributed by atoms with Crippen LogP contribution in [0.2, 0.25) is 0 Å². The molecule has 2 saturated heterocycles. The fraction of sp³-hybridized carbons (Fsp3) is 0.458. The average molecular weight is 499 g/mol. The van der Waals surface area contributed by atoms with Crippen LogP contribution in [0.25, 0.3) is 11.0 Å². The second-order valence-corrected chi connectivity index (χ2v) is 11.4. The largest absolute Gasteiger partial charge is 0.379 e. The molecule has 1 amide bonds. The van der Waals surface area contributed by atoms with Gasteiger partial charge < -0.3 is 19.9 Å². The van der Waals surface area contributed by atoms with Crippen molar-refractivity contribution in [2.75, 3.05) is 49.6 Å². The Kier molecular flexibility index (Phi) is 6.24. The number of anilines is 2. The number of benzene rings is 1. The van der Waals surface area contributed by atoms with Crippen molar-refractivity contribution >= 4 is 38.5 Å². The number of aromatic nitrogens is 3. The maximum Gasteiger partial charge on any atom is 0.243 e. The van der Waals surface area contributed by atoms with Crippen molar-refractivity contribution < 1.29 is 17.9 Å². The van der Waals surface area contributed by atoms with Gasteiger partial charge in [-0.2, -0.15) is 4.31 Å². The van der Waals surface area contributed by atoms with Crippen LogP contribution in [0, 0.1) is 12.3 Å². The Hall–Kier alpha value is -3.02. The molecule has 1 aromatic carbocycles. The maximum atomic E-state index is 13.3. The summed E-state index contributed by atoms with van der Waals surface area (Å²) < 4.78 is 32.7. The van der Waals surface area contributed by atoms with E-state index in [9.17, 15) is 13.2 Å². The lowest BCUT2D eigenvalue weighted by Crippen LogP contribution is -2.45. The van der Waals surface area contributed by atoms with Gasteiger partial charge in [-0.3, -0.25) is 4.79 Å². The lowest BCUT2D eigenvalue weighted by Gasteiger charge is -2.39. The van der Waals surface area contributed by atoms with Crippen molar-refractivity contribution in [1.29, 1.82) is 0 Å². The molecule has 2 aliphatic heterocycles. The van der Waals surface area contributed by atoms with E-state index in [-0.39, 0.29) is 10.8 Å². The highest BCUT2D eigenvalue weighted by Crippen LogP contribution is 2.36. The van der Waals surface area contributed by atoms with E-state index in [0.717, 1.165) is 22.4 Å². The van der Waals surface area contributed by atoms with Crippen LogP contribution in [0.15, 0.2) is 41.7 Å². The molecular formula is C24H30N6O4S. The predicted octanol–water partition coefficient (Wildman–Crippen LogP) is 2.53. The zero-order chi connectivity index (χ0) is 24.6. The lowest BCUT2D eigenvalue weighted by atomic mass is 9.79. The van der Waals surface area contributed by atoms with Crippen LogP contribution < -0.4 is 10.2 Å². The zero-order valence-corrected chi connectivity index (χ0v) is 20.8. The number of hydrogen-bond acceptors (Lipinski definition) is 7. The molecule has 0 atom stereocenters. The summed E-state index contributed by atoms with van der Waals surface area (Å²) in [6.45, 7) is 6.79. The number of H-pyrrole nitrogens is 1. The first-order valence-corrected chi connectivity index (χ1v) is 13.2. The number of rotatable bonds is 5. The number of hydrogen-bond donors (Lipinski definition) is 2. The van der Waals surface area contributed by atoms with E-state index in [4.69, 9.17) is 4.74 Å². The maximum absolute atomic E-state index is 13.3. The molecule has 11 heteroatoms. The summed E-state index contributed by atoms with van der Waals surface area (Å²) in [4.78, 5) is 27.7. The lowest BCUT2D eigenvalue weighted by molar-refractivity contribution is -0.125. The van der Waals surface area contributed by atoms with Crippen LogP contribution in [0.4, 0.5) is 11.5 Å². The van der Waals surface area contributed by atoms with E-state index in [1.54, 1.807) is 24.5 Å². The molecule has 0 aliphatic carbocycles. The Morgan fingerprint density at radius 1 is 1.14 bits per heavy atom. The molecular weight excluding hydrogens is 468 g/mol. The number of ether oxygens (including phenoxy) is 1. The van der Waals surface area contributed by atoms with Crippen molar-refractivity contribution in [2.24, 2.45) is 5.41 Å². The number of aromatic amines is 1. The van der Waals surface area contributed by atoms with Crippen molar-refractivity contribution in [1.82, 2.24) is 19.3 Å². The number of amides is 1. The topological polar surface area (TPSA) is 121 Å². The van der Waals surface area contributed by atoms with Gasteiger partial charge in [0.2, 0.25) is 15.9 Å². The molecule has 2 aromatic heterocycles. The molecule has 5 rings (SSSR count). The molecule has 0 unspecified atom stereocenters. The Balaban J connectivity index is 1.28. The minimum atomic E-state index is -3.63. The van der Waals surface area contributed by atoms with Crippen LogP contribution in [0.3, 0.4) is 0 Å². The first-order chi connectivity index (χ1) is 16.8. The Morgan fingerprint density at radius 3 is 2.63 bits per heavy atom. The molecule has 10 nitrogen and oxygen atoms in total. The standard InChI is InChI=1S/C24H30N6O4S/c1-17-15-25-21-20(17)22(27-16-26-21)29-8-6-24(2,7-9-29)23(31)28-18-4-3-5-19(14-18)35(32,33)30-10-12-34-13-11-30/h3-5,14-16H,6-13H2,1-2H3,(H,28,31)(H,25,26,27). The molecule has 186 valence electrons. The number of nitrogens with one attached hydrogen (secondary N) is 2. The number of sulfonamides is 1. The molecule has 0 spiro atoms. The normalized spacial score (nSPS) is 19.1. The van der Waals surface area contributed by atoms with Gasteiger partial charge in [0.25, 0.3) is 0 Å². The number of fused-ring (bicyclic) bond motifs is 1. The van der Waals surface area contributed by atoms with Gasteiger partial charge in [-0.25, -0.2) is 18.4 Å². The third-order valence-corrected chi connectivity index (χ3v) is 8.96. The van der Waals surface area contributed by atoms with Crippen molar-refractivity contribution in [3.63, 3.8) is 0 Å². The summed E-state index contributed by atoms with van der Waals surface area (Å²) in [6, 6.07) is 6.48. The number of aryl methyl sites for hydroxylation is 1. The summed E-state index contributed by atoms with van der Waals surface area (Å²) in [7, 11) is -3.63. The van der Waals surface area contributed by atoms with Gasteiger partial charge in [-0.15, -0.1) is 0 Å². The third-order valence-electron chi connectivity index (χ3n) is 7.06. The van der Waals surface area contributed by atoms with Gasteiger partial charge in [-0.05, 0) is 43.5 Å². The van der Waals surface area contributed by atoms with E-state index >= 15 is 0 Å². The van der Waals surface area contributed by atoms with Crippen LogP contribution >= 0.6 is 0 Å². The molecule has 0 radical (unpaired) electrons. The predicted molar refractivity (Wildman–Crippen MR) is 133 cm³/mol. The smallest absolute Gasteiger partial charge is 0.243 e. The molecule has 0 bridgehead atoms. The monoisotopic (exact) mass is 498 g/mol. The molecule has 4 heterocycles. The minimum Gasteiger partial charge on any atom is -0.379 e. The third kappa shape index (κ3) is 4.51. The van der Waals surface area contributed by atoms with E-state index < -0.39 is 15.4 Å². The molecule has 2 aliphatic rings. The highest BCUT2D eigenvalue weighted by atomic mass is 32.2. The second-order valence-electron chi connectivity index (χ2n) is 9.44. The SMILES string of the molecule is Cc1c[nH]c2ncnc(N3CCC(C)(C(=O)Nc4cccc(S(=O)(=O)N5CCOCC5)c4)CC3)c12. The van der Waals surface area contributed by atoms with Gasteiger partial charge in [0.05, 0.1) is 28.9 Å². The zero-order valence-electron chi connectivity index (χ0n) is 20.0. The van der Waals surface area contributed by atoms with Crippen molar-refractivity contribution in [2.45, 2.75) is 31.6 Å². The Bertz CT molecular complexity index is 1340. The highest BCUT2D eigenvalue weighted by molar-refractivity contribution is 7.89. The summed E-state index contributed by atoms with van der Waals surface area (Å²) in [5.74, 6) is 0.779. The van der Waals surface area contributed by atoms with E-state index in [2.05, 4.69) is 25.2 Å². The van der Waals surface area contributed by atoms with Crippen molar-refractivity contribution in [3.8, 4) is 0 Å². The van der Waals surface area contributed by atoms with Gasteiger partial charge >= 0.3 is 0 Å². The van der Waals surface area contributed by atoms with Gasteiger partial charge in [0.15, 0.2) is 0 Å². The first-order valence-electron chi connectivity index (χ1n) is 11.8. The number of piperidine rings is 1. The molecule has 2 fully saturated rings. The summed E-state index contributed by atoms with van der Waals surface area (Å²) in [5, 5.41) is 3.97. The fourth-order valence-electron chi connectivity index (χ4n) is 4.73. The van der Waals surface area contributed by atoms with E-state index in [0.29, 0.717) is 57.9 Å². The van der Waals surface area contributed by atoms with Gasteiger partial charge in [0, 0.05) is 38.1 Å². The van der Waals surface area contributed by atoms with Gasteiger partial charge in [-0.1, -0.05) is 13.0 Å². The minimum absolute atomic E-state index is 0.108. The van der Waals surface area contributed by atoms with Crippen LogP contribution in [-0.4, -0.2) is 73.0 Å². The fourth-order valence-corrected chi connectivity index (χ4v) is 6.18. The molecule has 3 aromatic rings. The summed E-state index contributed by atoms with van der Waals surface area (Å²) >= 11 is 0. The number of carbonyl (C=O) groups is 1. The van der Waals surface area contributed by atoms with Crippen LogP contribution in [0.1, 0.15) is 25.3 Å². The quantitative estimate of drug-likeness (QED) is 0.555. The summed E-state index contributed by atoms with van der Waals surface area (Å²) in [6.07, 6.45) is 4.79. The van der Waals surface area contributed by atoms with E-state index in [1.165, 1.54) is 10.4 Å². The van der Waals surface area contributed by atoms with Crippen molar-refractivity contribution in [3.05, 3.63) is 42.4 Å². The number of carbonyl (C=O) groups excluding carboxylic acids is 1. The van der Waals surface area contributed by atoms with Gasteiger partial charge in [0.1, 0.15) is 17.8 Å². The van der Waals surface area contributed by atoms with E-state index in [1.807, 2.05) is 20.0 Å². The molecule has 35 heavy (non-hydrogen) atoms. The van der Waals surface area contributed by atoms with Crippen LogP contribution in [0.5, 0.6) is 0 Å².